The molecule has 1 amide bonds. The summed E-state index contributed by atoms with van der Waals surface area (Å²) in [5, 5.41) is 11.0. The van der Waals surface area contributed by atoms with E-state index in [1.807, 2.05) is 48.5 Å². The van der Waals surface area contributed by atoms with Crippen LogP contribution in [0.3, 0.4) is 0 Å². The zero-order chi connectivity index (χ0) is 18.8. The minimum absolute atomic E-state index is 0.146. The van der Waals surface area contributed by atoms with Crippen LogP contribution in [-0.2, 0) is 17.9 Å². The zero-order valence-electron chi connectivity index (χ0n) is 14.6. The minimum atomic E-state index is -0.301. The SMILES string of the molecule is COc1ccc([C@H]2Cn3nnc(C(=O)Nc4ccc(Br)cc4)c3CO2)cc1. The molecule has 2 aromatic carbocycles. The van der Waals surface area contributed by atoms with Crippen LogP contribution < -0.4 is 10.1 Å². The van der Waals surface area contributed by atoms with Crippen molar-refractivity contribution in [1.29, 1.82) is 0 Å². The van der Waals surface area contributed by atoms with Crippen LogP contribution in [-0.4, -0.2) is 28.0 Å². The number of halogens is 1. The Labute approximate surface area is 164 Å². The fraction of sp³-hybridized carbons (Fsp3) is 0.211. The zero-order valence-corrected chi connectivity index (χ0v) is 16.1. The van der Waals surface area contributed by atoms with Crippen molar-refractivity contribution in [3.63, 3.8) is 0 Å². The number of amides is 1. The molecule has 0 saturated carbocycles. The second kappa shape index (κ2) is 7.50. The van der Waals surface area contributed by atoms with Crippen molar-refractivity contribution in [2.75, 3.05) is 12.4 Å². The monoisotopic (exact) mass is 428 g/mol. The number of nitrogens with one attached hydrogen (secondary N) is 1. The summed E-state index contributed by atoms with van der Waals surface area (Å²) in [7, 11) is 1.63. The predicted molar refractivity (Wildman–Crippen MR) is 103 cm³/mol. The Morgan fingerprint density at radius 2 is 1.96 bits per heavy atom. The predicted octanol–water partition coefficient (Wildman–Crippen LogP) is 3.57. The highest BCUT2D eigenvalue weighted by atomic mass is 79.9. The van der Waals surface area contributed by atoms with Crippen LogP contribution in [0.15, 0.2) is 53.0 Å². The molecule has 0 saturated heterocycles. The molecule has 0 unspecified atom stereocenters. The first-order valence-corrected chi connectivity index (χ1v) is 9.18. The van der Waals surface area contributed by atoms with Gasteiger partial charge in [-0.1, -0.05) is 33.3 Å². The molecule has 8 heteroatoms. The molecule has 1 aliphatic heterocycles. The Kier molecular flexibility index (Phi) is 4.91. The number of carbonyl (C=O) groups excluding carboxylic acids is 1. The fourth-order valence-corrected chi connectivity index (χ4v) is 3.20. The average molecular weight is 429 g/mol. The van der Waals surface area contributed by atoms with Gasteiger partial charge in [0.25, 0.3) is 5.91 Å². The molecule has 0 aliphatic carbocycles. The third-order valence-electron chi connectivity index (χ3n) is 4.40. The number of anilines is 1. The summed E-state index contributed by atoms with van der Waals surface area (Å²) < 4.78 is 13.8. The maximum Gasteiger partial charge on any atom is 0.278 e. The van der Waals surface area contributed by atoms with E-state index in [4.69, 9.17) is 9.47 Å². The molecule has 138 valence electrons. The van der Waals surface area contributed by atoms with Gasteiger partial charge in [0, 0.05) is 10.2 Å². The van der Waals surface area contributed by atoms with E-state index in [0.717, 1.165) is 15.8 Å². The van der Waals surface area contributed by atoms with Gasteiger partial charge in [-0.25, -0.2) is 4.68 Å². The number of hydrogen-bond acceptors (Lipinski definition) is 5. The first kappa shape index (κ1) is 17.7. The number of ether oxygens (including phenoxy) is 2. The number of nitrogens with zero attached hydrogens (tertiary/aromatic N) is 3. The van der Waals surface area contributed by atoms with Gasteiger partial charge in [0.05, 0.1) is 26.0 Å². The van der Waals surface area contributed by atoms with Crippen LogP contribution in [0.1, 0.15) is 27.8 Å². The summed E-state index contributed by atoms with van der Waals surface area (Å²) in [6.07, 6.45) is -0.146. The number of rotatable bonds is 4. The van der Waals surface area contributed by atoms with Crippen molar-refractivity contribution in [3.05, 3.63) is 70.0 Å². The Balaban J connectivity index is 1.49. The van der Waals surface area contributed by atoms with Gasteiger partial charge in [0.15, 0.2) is 5.69 Å². The molecule has 0 fully saturated rings. The third kappa shape index (κ3) is 3.72. The highest BCUT2D eigenvalue weighted by Gasteiger charge is 2.27. The lowest BCUT2D eigenvalue weighted by molar-refractivity contribution is -0.00173. The molecule has 2 heterocycles. The minimum Gasteiger partial charge on any atom is -0.497 e. The maximum absolute atomic E-state index is 12.5. The molecule has 0 spiro atoms. The summed E-state index contributed by atoms with van der Waals surface area (Å²) in [6, 6.07) is 15.1. The molecule has 1 atom stereocenters. The molecule has 0 bridgehead atoms. The fourth-order valence-electron chi connectivity index (χ4n) is 2.93. The topological polar surface area (TPSA) is 78.3 Å². The molecule has 3 aromatic rings. The van der Waals surface area contributed by atoms with Gasteiger partial charge in [0.1, 0.15) is 11.9 Å². The van der Waals surface area contributed by atoms with Crippen LogP contribution >= 0.6 is 15.9 Å². The lowest BCUT2D eigenvalue weighted by Gasteiger charge is -2.24. The van der Waals surface area contributed by atoms with E-state index in [9.17, 15) is 4.79 Å². The number of hydrogen-bond donors (Lipinski definition) is 1. The standard InChI is InChI=1S/C19H17BrN4O3/c1-26-15-8-2-12(3-9-15)17-10-24-16(11-27-17)18(22-23-24)19(25)21-14-6-4-13(20)5-7-14/h2-9,17H,10-11H2,1H3,(H,21,25)/t17-/m1/s1. The molecule has 27 heavy (non-hydrogen) atoms. The Hall–Kier alpha value is -2.71. The highest BCUT2D eigenvalue weighted by molar-refractivity contribution is 9.10. The van der Waals surface area contributed by atoms with Gasteiger partial charge >= 0.3 is 0 Å². The van der Waals surface area contributed by atoms with Crippen molar-refractivity contribution in [3.8, 4) is 5.75 Å². The second-order valence-electron chi connectivity index (χ2n) is 6.10. The van der Waals surface area contributed by atoms with Gasteiger partial charge in [-0.15, -0.1) is 5.10 Å². The lowest BCUT2D eigenvalue weighted by atomic mass is 10.1. The van der Waals surface area contributed by atoms with E-state index >= 15 is 0 Å². The number of methoxy groups -OCH3 is 1. The molecular formula is C19H17BrN4O3. The van der Waals surface area contributed by atoms with Crippen molar-refractivity contribution >= 4 is 27.5 Å². The maximum atomic E-state index is 12.5. The Morgan fingerprint density at radius 3 is 2.67 bits per heavy atom. The Morgan fingerprint density at radius 1 is 1.22 bits per heavy atom. The Bertz CT molecular complexity index is 954. The van der Waals surface area contributed by atoms with Crippen molar-refractivity contribution < 1.29 is 14.3 Å². The van der Waals surface area contributed by atoms with E-state index < -0.39 is 0 Å². The number of benzene rings is 2. The van der Waals surface area contributed by atoms with Crippen molar-refractivity contribution in [1.82, 2.24) is 15.0 Å². The molecular weight excluding hydrogens is 412 g/mol. The molecule has 1 aliphatic rings. The third-order valence-corrected chi connectivity index (χ3v) is 4.93. The summed E-state index contributed by atoms with van der Waals surface area (Å²) >= 11 is 3.37. The summed E-state index contributed by atoms with van der Waals surface area (Å²) in [6.45, 7) is 0.771. The van der Waals surface area contributed by atoms with Gasteiger partial charge in [-0.05, 0) is 42.0 Å². The quantitative estimate of drug-likeness (QED) is 0.686. The molecule has 4 rings (SSSR count). The van der Waals surface area contributed by atoms with Crippen LogP contribution in [0.4, 0.5) is 5.69 Å². The van der Waals surface area contributed by atoms with E-state index in [1.165, 1.54) is 0 Å². The van der Waals surface area contributed by atoms with E-state index in [2.05, 4.69) is 31.6 Å². The van der Waals surface area contributed by atoms with E-state index in [0.29, 0.717) is 17.9 Å². The van der Waals surface area contributed by atoms with Gasteiger partial charge in [-0.2, -0.15) is 0 Å². The molecule has 1 N–H and O–H groups in total. The average Bonchev–Trinajstić information content (AvgIpc) is 3.13. The van der Waals surface area contributed by atoms with E-state index in [-0.39, 0.29) is 24.3 Å². The van der Waals surface area contributed by atoms with Crippen LogP contribution in [0.25, 0.3) is 0 Å². The van der Waals surface area contributed by atoms with Crippen LogP contribution in [0.2, 0.25) is 0 Å². The number of aromatic nitrogens is 3. The highest BCUT2D eigenvalue weighted by Crippen LogP contribution is 2.28. The summed E-state index contributed by atoms with van der Waals surface area (Å²) in [5.41, 5.74) is 2.68. The summed E-state index contributed by atoms with van der Waals surface area (Å²) in [4.78, 5) is 12.5. The number of fused-ring (bicyclic) bond motifs is 1. The molecule has 1 aromatic heterocycles. The number of carbonyl (C=O) groups is 1. The molecule has 0 radical (unpaired) electrons. The first-order chi connectivity index (χ1) is 13.1. The smallest absolute Gasteiger partial charge is 0.278 e. The molecule has 7 nitrogen and oxygen atoms in total. The first-order valence-electron chi connectivity index (χ1n) is 8.39. The second-order valence-corrected chi connectivity index (χ2v) is 7.02. The summed E-state index contributed by atoms with van der Waals surface area (Å²) in [5.74, 6) is 0.493. The van der Waals surface area contributed by atoms with Crippen molar-refractivity contribution in [2.45, 2.75) is 19.3 Å². The van der Waals surface area contributed by atoms with E-state index in [1.54, 1.807) is 11.8 Å². The van der Waals surface area contributed by atoms with Gasteiger partial charge < -0.3 is 14.8 Å². The normalized spacial score (nSPS) is 15.9. The van der Waals surface area contributed by atoms with Crippen LogP contribution in [0.5, 0.6) is 5.75 Å². The lowest BCUT2D eigenvalue weighted by Crippen LogP contribution is -2.24. The van der Waals surface area contributed by atoms with Crippen LogP contribution in [0, 0.1) is 0 Å². The van der Waals surface area contributed by atoms with Gasteiger partial charge in [-0.3, -0.25) is 4.79 Å². The largest absolute Gasteiger partial charge is 0.497 e. The van der Waals surface area contributed by atoms with Gasteiger partial charge in [0.2, 0.25) is 0 Å². The van der Waals surface area contributed by atoms with Crippen molar-refractivity contribution in [2.24, 2.45) is 0 Å².